The van der Waals surface area contributed by atoms with Gasteiger partial charge < -0.3 is 14.7 Å². The highest BCUT2D eigenvalue weighted by molar-refractivity contribution is 7.89. The second kappa shape index (κ2) is 11.8. The quantitative estimate of drug-likeness (QED) is 0.293. The average molecular weight is 574 g/mol. The van der Waals surface area contributed by atoms with Gasteiger partial charge in [0.25, 0.3) is 11.7 Å². The summed E-state index contributed by atoms with van der Waals surface area (Å²) < 4.78 is 32.7. The van der Waals surface area contributed by atoms with E-state index in [0.29, 0.717) is 49.9 Å². The van der Waals surface area contributed by atoms with Crippen LogP contribution in [0.15, 0.2) is 59.0 Å². The Morgan fingerprint density at radius 3 is 2.33 bits per heavy atom. The highest BCUT2D eigenvalue weighted by Crippen LogP contribution is 2.40. The van der Waals surface area contributed by atoms with E-state index >= 15 is 0 Å². The van der Waals surface area contributed by atoms with Gasteiger partial charge in [-0.2, -0.15) is 4.31 Å². The summed E-state index contributed by atoms with van der Waals surface area (Å²) in [6.45, 7) is 5.03. The summed E-state index contributed by atoms with van der Waals surface area (Å²) in [7, 11) is -3.63. The van der Waals surface area contributed by atoms with Crippen LogP contribution in [-0.2, 0) is 24.3 Å². The van der Waals surface area contributed by atoms with E-state index < -0.39 is 27.8 Å². The summed E-state index contributed by atoms with van der Waals surface area (Å²) in [6, 6.07) is 11.9. The summed E-state index contributed by atoms with van der Waals surface area (Å²) in [4.78, 5) is 30.4. The van der Waals surface area contributed by atoms with Gasteiger partial charge in [-0.3, -0.25) is 14.5 Å². The maximum Gasteiger partial charge on any atom is 0.295 e. The normalized spacial score (nSPS) is 22.6. The molecule has 3 heterocycles. The van der Waals surface area contributed by atoms with Gasteiger partial charge >= 0.3 is 0 Å². The van der Waals surface area contributed by atoms with Crippen LogP contribution in [0.4, 0.5) is 0 Å². The third-order valence-electron chi connectivity index (χ3n) is 7.51. The van der Waals surface area contributed by atoms with Gasteiger partial charge in [-0.25, -0.2) is 8.42 Å². The highest BCUT2D eigenvalue weighted by Gasteiger charge is 2.46. The molecule has 3 saturated heterocycles. The number of halogens is 1. The number of amides is 1. The predicted molar refractivity (Wildman–Crippen MR) is 147 cm³/mol. The minimum absolute atomic E-state index is 0.0382. The zero-order chi connectivity index (χ0) is 27.6. The van der Waals surface area contributed by atoms with Crippen LogP contribution in [0.2, 0.25) is 5.02 Å². The fourth-order valence-electron chi connectivity index (χ4n) is 5.44. The minimum Gasteiger partial charge on any atom is -0.507 e. The summed E-state index contributed by atoms with van der Waals surface area (Å²) in [5, 5.41) is 11.8. The Morgan fingerprint density at radius 2 is 1.67 bits per heavy atom. The molecule has 11 heteroatoms. The number of morpholine rings is 1. The molecule has 0 bridgehead atoms. The van der Waals surface area contributed by atoms with Crippen molar-refractivity contribution in [2.24, 2.45) is 0 Å². The van der Waals surface area contributed by atoms with Crippen LogP contribution in [0, 0.1) is 0 Å². The van der Waals surface area contributed by atoms with E-state index in [1.807, 2.05) is 0 Å². The van der Waals surface area contributed by atoms with Crippen molar-refractivity contribution in [1.29, 1.82) is 0 Å². The second-order valence-corrected chi connectivity index (χ2v) is 12.4. The van der Waals surface area contributed by atoms with Gasteiger partial charge in [0.1, 0.15) is 5.76 Å². The van der Waals surface area contributed by atoms with Crippen molar-refractivity contribution in [1.82, 2.24) is 14.1 Å². The van der Waals surface area contributed by atoms with Crippen LogP contribution in [0.25, 0.3) is 5.76 Å². The van der Waals surface area contributed by atoms with Gasteiger partial charge in [0.05, 0.1) is 29.7 Å². The summed E-state index contributed by atoms with van der Waals surface area (Å²) in [5.74, 6) is -1.81. The number of aliphatic hydroxyl groups is 1. The van der Waals surface area contributed by atoms with E-state index in [-0.39, 0.29) is 21.8 Å². The molecule has 2 aromatic rings. The lowest BCUT2D eigenvalue weighted by molar-refractivity contribution is -0.140. The first kappa shape index (κ1) is 27.8. The van der Waals surface area contributed by atoms with Gasteiger partial charge in [0.15, 0.2) is 0 Å². The Hall–Kier alpha value is -2.76. The van der Waals surface area contributed by atoms with Gasteiger partial charge in [-0.15, -0.1) is 0 Å². The molecule has 0 aromatic heterocycles. The maximum atomic E-state index is 13.3. The number of benzene rings is 2. The van der Waals surface area contributed by atoms with Crippen molar-refractivity contribution >= 4 is 39.1 Å². The van der Waals surface area contributed by atoms with Crippen molar-refractivity contribution in [3.8, 4) is 0 Å². The zero-order valence-electron chi connectivity index (χ0n) is 21.6. The molecule has 0 spiro atoms. The Morgan fingerprint density at radius 1 is 0.974 bits per heavy atom. The molecule has 208 valence electrons. The third-order valence-corrected chi connectivity index (χ3v) is 9.66. The third kappa shape index (κ3) is 5.76. The number of carbonyl (C=O) groups excluding carboxylic acids is 2. The molecule has 0 unspecified atom stereocenters. The molecule has 3 fully saturated rings. The number of aliphatic hydroxyl groups excluding tert-OH is 1. The Balaban J connectivity index is 1.45. The van der Waals surface area contributed by atoms with Crippen LogP contribution < -0.4 is 0 Å². The van der Waals surface area contributed by atoms with Crippen molar-refractivity contribution < 1.29 is 27.9 Å². The van der Waals surface area contributed by atoms with Crippen LogP contribution in [0.5, 0.6) is 0 Å². The lowest BCUT2D eigenvalue weighted by atomic mass is 9.95. The Kier molecular flexibility index (Phi) is 8.39. The molecule has 3 aliphatic heterocycles. The van der Waals surface area contributed by atoms with E-state index in [0.717, 1.165) is 32.5 Å². The van der Waals surface area contributed by atoms with Gasteiger partial charge in [-0.05, 0) is 61.2 Å². The van der Waals surface area contributed by atoms with E-state index in [2.05, 4.69) is 4.90 Å². The monoisotopic (exact) mass is 573 g/mol. The molecular formula is C28H32ClN3O6S. The molecule has 5 rings (SSSR count). The molecule has 0 radical (unpaired) electrons. The van der Waals surface area contributed by atoms with E-state index in [1.54, 1.807) is 24.3 Å². The molecular weight excluding hydrogens is 542 g/mol. The Bertz CT molecular complexity index is 1370. The lowest BCUT2D eigenvalue weighted by Crippen LogP contribution is -2.38. The van der Waals surface area contributed by atoms with Gasteiger partial charge in [0, 0.05) is 49.9 Å². The first-order valence-corrected chi connectivity index (χ1v) is 15.0. The summed E-state index contributed by atoms with van der Waals surface area (Å²) in [5.41, 5.74) is 0.834. The maximum absolute atomic E-state index is 13.3. The van der Waals surface area contributed by atoms with Crippen molar-refractivity contribution in [3.05, 3.63) is 70.3 Å². The van der Waals surface area contributed by atoms with E-state index in [4.69, 9.17) is 16.3 Å². The molecule has 39 heavy (non-hydrogen) atoms. The number of likely N-dealkylation sites (tertiary alicyclic amines) is 1. The summed E-state index contributed by atoms with van der Waals surface area (Å²) >= 11 is 6.26. The van der Waals surface area contributed by atoms with Crippen molar-refractivity contribution in [3.63, 3.8) is 0 Å². The highest BCUT2D eigenvalue weighted by atomic mass is 35.5. The molecule has 2 aromatic carbocycles. The summed E-state index contributed by atoms with van der Waals surface area (Å²) in [6.07, 6.45) is 2.30. The second-order valence-electron chi connectivity index (χ2n) is 9.99. The van der Waals surface area contributed by atoms with Gasteiger partial charge in [-0.1, -0.05) is 23.7 Å². The van der Waals surface area contributed by atoms with Crippen molar-refractivity contribution in [2.45, 2.75) is 30.2 Å². The molecule has 3 aliphatic rings. The molecule has 1 atom stereocenters. The SMILES string of the molecule is O=C1C(=O)N(CCCN2CCOCC2)[C@H](c2cccc(Cl)c2)C1=C(O)c1ccc(S(=O)(=O)N2CCCC2)cc1. The van der Waals surface area contributed by atoms with Crippen LogP contribution in [0.3, 0.4) is 0 Å². The molecule has 0 saturated carbocycles. The fraction of sp³-hybridized carbons (Fsp3) is 0.429. The van der Waals surface area contributed by atoms with E-state index in [1.165, 1.54) is 33.5 Å². The van der Waals surface area contributed by atoms with Crippen LogP contribution in [-0.4, -0.2) is 91.8 Å². The van der Waals surface area contributed by atoms with Crippen LogP contribution in [0.1, 0.15) is 36.4 Å². The number of carbonyl (C=O) groups is 2. The topological polar surface area (TPSA) is 107 Å². The molecule has 0 aliphatic carbocycles. The Labute approximate surface area is 233 Å². The zero-order valence-corrected chi connectivity index (χ0v) is 23.2. The smallest absolute Gasteiger partial charge is 0.295 e. The standard InChI is InChI=1S/C28H32ClN3O6S/c29-22-6-3-5-21(19-22)25-24(27(34)28(35)32(25)14-4-11-30-15-17-38-18-16-30)26(33)20-7-9-23(10-8-20)39(36,37)31-12-1-2-13-31/h3,5-10,19,25,33H,1-2,4,11-18H2/t25-/m1/s1. The predicted octanol–water partition coefficient (Wildman–Crippen LogP) is 3.27. The number of hydrogen-bond acceptors (Lipinski definition) is 7. The number of Topliss-reactive ketones (excluding diaryl/α,β-unsaturated/α-hetero) is 1. The van der Waals surface area contributed by atoms with Crippen LogP contribution >= 0.6 is 11.6 Å². The van der Waals surface area contributed by atoms with Gasteiger partial charge in [0.2, 0.25) is 10.0 Å². The first-order chi connectivity index (χ1) is 18.8. The number of nitrogens with zero attached hydrogens (tertiary/aromatic N) is 3. The first-order valence-electron chi connectivity index (χ1n) is 13.2. The fourth-order valence-corrected chi connectivity index (χ4v) is 7.16. The number of ether oxygens (including phenoxy) is 1. The number of sulfonamides is 1. The largest absolute Gasteiger partial charge is 0.507 e. The number of rotatable bonds is 8. The molecule has 9 nitrogen and oxygen atoms in total. The minimum atomic E-state index is -3.63. The lowest BCUT2D eigenvalue weighted by Gasteiger charge is -2.29. The number of ketones is 1. The van der Waals surface area contributed by atoms with E-state index in [9.17, 15) is 23.1 Å². The van der Waals surface area contributed by atoms with Crippen molar-refractivity contribution in [2.75, 3.05) is 52.5 Å². The number of hydrogen-bond donors (Lipinski definition) is 1. The average Bonchev–Trinajstić information content (AvgIpc) is 3.58. The molecule has 1 N–H and O–H groups in total. The molecule has 1 amide bonds.